The van der Waals surface area contributed by atoms with Gasteiger partial charge in [-0.25, -0.2) is 4.98 Å². The Kier molecular flexibility index (Phi) is 4.52. The number of nitrogens with two attached hydrogens (primary N) is 1. The van der Waals surface area contributed by atoms with E-state index in [0.717, 1.165) is 6.54 Å². The molecule has 0 spiro atoms. The summed E-state index contributed by atoms with van der Waals surface area (Å²) in [6.45, 7) is 4.98. The number of rotatable bonds is 5. The van der Waals surface area contributed by atoms with Crippen molar-refractivity contribution >= 4 is 33.9 Å². The van der Waals surface area contributed by atoms with Crippen molar-refractivity contribution in [1.29, 1.82) is 0 Å². The number of hydrogen-bond acceptors (Lipinski definition) is 6. The summed E-state index contributed by atoms with van der Waals surface area (Å²) in [6, 6.07) is 3.52. The summed E-state index contributed by atoms with van der Waals surface area (Å²) in [5, 5.41) is 6.56. The molecular weight excluding hydrogens is 274 g/mol. The topological polar surface area (TPSA) is 92.9 Å². The van der Waals surface area contributed by atoms with Crippen LogP contribution in [0.5, 0.6) is 0 Å². The third kappa shape index (κ3) is 3.67. The summed E-state index contributed by atoms with van der Waals surface area (Å²) in [6.07, 6.45) is 3.22. The Bertz CT molecular complexity index is 582. The molecule has 0 radical (unpaired) electrons. The minimum atomic E-state index is -0.273. The lowest BCUT2D eigenvalue weighted by molar-refractivity contribution is 0.103. The molecule has 106 valence electrons. The van der Waals surface area contributed by atoms with Gasteiger partial charge in [-0.15, -0.1) is 0 Å². The predicted octanol–water partition coefficient (Wildman–Crippen LogP) is 2.44. The number of nitrogens with one attached hydrogen (secondary N) is 2. The van der Waals surface area contributed by atoms with Crippen LogP contribution in [-0.4, -0.2) is 22.4 Å². The van der Waals surface area contributed by atoms with Crippen molar-refractivity contribution in [3.63, 3.8) is 0 Å². The summed E-state index contributed by atoms with van der Waals surface area (Å²) in [5.41, 5.74) is 6.41. The second-order valence-corrected chi connectivity index (χ2v) is 5.70. The summed E-state index contributed by atoms with van der Waals surface area (Å²) in [4.78, 5) is 20.6. The van der Waals surface area contributed by atoms with Crippen molar-refractivity contribution in [2.45, 2.75) is 13.8 Å². The van der Waals surface area contributed by atoms with Crippen LogP contribution in [0.15, 0.2) is 24.5 Å². The Balaban J connectivity index is 2.06. The molecule has 2 aromatic rings. The number of amides is 1. The van der Waals surface area contributed by atoms with Crippen LogP contribution in [-0.2, 0) is 0 Å². The van der Waals surface area contributed by atoms with Crippen LogP contribution in [0.3, 0.4) is 0 Å². The minimum absolute atomic E-state index is 0.239. The molecule has 0 fully saturated rings. The van der Waals surface area contributed by atoms with Crippen LogP contribution >= 0.6 is 11.3 Å². The number of hydrogen-bond donors (Lipinski definition) is 3. The van der Waals surface area contributed by atoms with Gasteiger partial charge in [0.1, 0.15) is 10.7 Å². The molecule has 0 atom stereocenters. The maximum atomic E-state index is 12.1. The second-order valence-electron chi connectivity index (χ2n) is 4.70. The fourth-order valence-corrected chi connectivity index (χ4v) is 2.27. The van der Waals surface area contributed by atoms with Gasteiger partial charge >= 0.3 is 0 Å². The van der Waals surface area contributed by atoms with Crippen molar-refractivity contribution in [3.05, 3.63) is 29.4 Å². The number of carbonyl (C=O) groups is 1. The minimum Gasteiger partial charge on any atom is -0.382 e. The van der Waals surface area contributed by atoms with Crippen molar-refractivity contribution in [2.24, 2.45) is 5.92 Å². The first-order valence-electron chi connectivity index (χ1n) is 6.28. The van der Waals surface area contributed by atoms with Gasteiger partial charge in [-0.3, -0.25) is 9.78 Å². The van der Waals surface area contributed by atoms with Crippen molar-refractivity contribution in [2.75, 3.05) is 22.9 Å². The zero-order valence-electron chi connectivity index (χ0n) is 11.4. The van der Waals surface area contributed by atoms with E-state index < -0.39 is 0 Å². The highest BCUT2D eigenvalue weighted by Gasteiger charge is 2.16. The van der Waals surface area contributed by atoms with Gasteiger partial charge in [-0.1, -0.05) is 25.2 Å². The van der Waals surface area contributed by atoms with E-state index in [2.05, 4.69) is 34.4 Å². The molecule has 20 heavy (non-hydrogen) atoms. The lowest BCUT2D eigenvalue weighted by Crippen LogP contribution is -2.12. The highest BCUT2D eigenvalue weighted by Crippen LogP contribution is 2.25. The van der Waals surface area contributed by atoms with Gasteiger partial charge in [0.15, 0.2) is 5.13 Å². The van der Waals surface area contributed by atoms with Gasteiger partial charge in [0.2, 0.25) is 0 Å². The third-order valence-corrected chi connectivity index (χ3v) is 3.47. The van der Waals surface area contributed by atoms with E-state index >= 15 is 0 Å². The zero-order chi connectivity index (χ0) is 14.5. The van der Waals surface area contributed by atoms with E-state index in [1.807, 2.05) is 0 Å². The zero-order valence-corrected chi connectivity index (χ0v) is 12.2. The van der Waals surface area contributed by atoms with Gasteiger partial charge < -0.3 is 16.4 Å². The highest BCUT2D eigenvalue weighted by atomic mass is 32.1. The Labute approximate surface area is 121 Å². The van der Waals surface area contributed by atoms with Crippen LogP contribution < -0.4 is 16.4 Å². The third-order valence-electron chi connectivity index (χ3n) is 2.44. The fourth-order valence-electron chi connectivity index (χ4n) is 1.49. The molecule has 0 aliphatic rings. The Morgan fingerprint density at radius 1 is 1.50 bits per heavy atom. The number of thiazole rings is 1. The molecular formula is C13H17N5OS. The molecule has 1 amide bonds. The van der Waals surface area contributed by atoms with Gasteiger partial charge in [0.05, 0.1) is 11.9 Å². The van der Waals surface area contributed by atoms with Crippen molar-refractivity contribution < 1.29 is 4.79 Å². The molecule has 0 saturated carbocycles. The highest BCUT2D eigenvalue weighted by molar-refractivity contribution is 7.18. The molecule has 6 nitrogen and oxygen atoms in total. The van der Waals surface area contributed by atoms with Gasteiger partial charge in [0.25, 0.3) is 5.91 Å². The largest absolute Gasteiger partial charge is 0.382 e. The van der Waals surface area contributed by atoms with Gasteiger partial charge in [-0.2, -0.15) is 0 Å². The van der Waals surface area contributed by atoms with Gasteiger partial charge in [0, 0.05) is 12.7 Å². The van der Waals surface area contributed by atoms with E-state index in [0.29, 0.717) is 21.6 Å². The summed E-state index contributed by atoms with van der Waals surface area (Å²) >= 11 is 1.25. The van der Waals surface area contributed by atoms with E-state index in [4.69, 9.17) is 5.73 Å². The van der Waals surface area contributed by atoms with Crippen LogP contribution in [0.1, 0.15) is 23.5 Å². The molecule has 0 aliphatic carbocycles. The SMILES string of the molecule is CC(C)CNc1nc(N)c(C(=O)Nc2cccnc2)s1. The van der Waals surface area contributed by atoms with E-state index in [1.165, 1.54) is 11.3 Å². The lowest BCUT2D eigenvalue weighted by atomic mass is 10.2. The van der Waals surface area contributed by atoms with E-state index in [9.17, 15) is 4.79 Å². The monoisotopic (exact) mass is 291 g/mol. The predicted molar refractivity (Wildman–Crippen MR) is 82.0 cm³/mol. The summed E-state index contributed by atoms with van der Waals surface area (Å²) in [5.74, 6) is 0.459. The molecule has 2 rings (SSSR count). The van der Waals surface area contributed by atoms with Crippen LogP contribution in [0.2, 0.25) is 0 Å². The normalized spacial score (nSPS) is 10.6. The maximum absolute atomic E-state index is 12.1. The molecule has 0 aromatic carbocycles. The Morgan fingerprint density at radius 3 is 2.95 bits per heavy atom. The number of aromatic nitrogens is 2. The Hall–Kier alpha value is -2.15. The average molecular weight is 291 g/mol. The number of carbonyl (C=O) groups excluding carboxylic acids is 1. The number of nitrogens with zero attached hydrogens (tertiary/aromatic N) is 2. The van der Waals surface area contributed by atoms with Crippen molar-refractivity contribution in [1.82, 2.24) is 9.97 Å². The van der Waals surface area contributed by atoms with E-state index in [1.54, 1.807) is 24.5 Å². The molecule has 0 saturated heterocycles. The van der Waals surface area contributed by atoms with Crippen molar-refractivity contribution in [3.8, 4) is 0 Å². The second kappa shape index (κ2) is 6.33. The summed E-state index contributed by atoms with van der Waals surface area (Å²) < 4.78 is 0. The quantitative estimate of drug-likeness (QED) is 0.786. The molecule has 2 heterocycles. The first kappa shape index (κ1) is 14.3. The molecule has 4 N–H and O–H groups in total. The number of nitrogen functional groups attached to an aromatic ring is 1. The number of anilines is 3. The van der Waals surface area contributed by atoms with Crippen LogP contribution in [0.4, 0.5) is 16.6 Å². The van der Waals surface area contributed by atoms with E-state index in [-0.39, 0.29) is 11.7 Å². The standard InChI is InChI=1S/C13H17N5OS/c1-8(2)6-16-13-18-11(14)10(20-13)12(19)17-9-4-3-5-15-7-9/h3-5,7-8H,6,14H2,1-2H3,(H,16,18)(H,17,19). The lowest BCUT2D eigenvalue weighted by Gasteiger charge is -2.04. The Morgan fingerprint density at radius 2 is 2.30 bits per heavy atom. The first-order chi connectivity index (χ1) is 9.56. The number of pyridine rings is 1. The molecule has 0 aliphatic heterocycles. The van der Waals surface area contributed by atoms with Gasteiger partial charge in [-0.05, 0) is 18.1 Å². The molecule has 7 heteroatoms. The smallest absolute Gasteiger partial charge is 0.269 e. The molecule has 0 bridgehead atoms. The maximum Gasteiger partial charge on any atom is 0.269 e. The average Bonchev–Trinajstić information content (AvgIpc) is 2.79. The first-order valence-corrected chi connectivity index (χ1v) is 7.09. The summed E-state index contributed by atoms with van der Waals surface area (Å²) in [7, 11) is 0. The van der Waals surface area contributed by atoms with Crippen LogP contribution in [0.25, 0.3) is 0 Å². The fraction of sp³-hybridized carbons (Fsp3) is 0.308. The molecule has 0 unspecified atom stereocenters. The van der Waals surface area contributed by atoms with Crippen LogP contribution in [0, 0.1) is 5.92 Å². The molecule has 2 aromatic heterocycles.